The number of ketones is 1. The number of phenolic OH excluding ortho intramolecular Hbond substituents is 1. The van der Waals surface area contributed by atoms with Gasteiger partial charge in [0.15, 0.2) is 11.5 Å². The molecule has 6 nitrogen and oxygen atoms in total. The summed E-state index contributed by atoms with van der Waals surface area (Å²) in [7, 11) is 0. The molecule has 1 amide bonds. The zero-order valence-electron chi connectivity index (χ0n) is 16.3. The van der Waals surface area contributed by atoms with E-state index in [1.807, 2.05) is 6.92 Å². The molecular weight excluding hydrogens is 406 g/mol. The molecule has 0 fully saturated rings. The number of carbonyl (C=O) groups excluding carboxylic acids is 2. The van der Waals surface area contributed by atoms with Crippen molar-refractivity contribution in [2.45, 2.75) is 25.8 Å². The molecule has 0 bridgehead atoms. The summed E-state index contributed by atoms with van der Waals surface area (Å²) in [5.41, 5.74) is 0.946. The number of phenols is 1. The second-order valence-electron chi connectivity index (χ2n) is 7.23. The molecule has 154 valence electrons. The van der Waals surface area contributed by atoms with E-state index in [0.717, 1.165) is 6.42 Å². The van der Waals surface area contributed by atoms with Crippen molar-refractivity contribution in [1.82, 2.24) is 4.90 Å². The van der Waals surface area contributed by atoms with E-state index < -0.39 is 23.5 Å². The van der Waals surface area contributed by atoms with Gasteiger partial charge in [0.05, 0.1) is 11.6 Å². The van der Waals surface area contributed by atoms with E-state index in [1.165, 1.54) is 17.0 Å². The van der Waals surface area contributed by atoms with Crippen molar-refractivity contribution in [3.63, 3.8) is 0 Å². The van der Waals surface area contributed by atoms with Crippen molar-refractivity contribution in [3.8, 4) is 5.75 Å². The smallest absolute Gasteiger partial charge is 0.290 e. The highest BCUT2D eigenvalue weighted by Gasteiger charge is 2.44. The molecule has 2 heterocycles. The molecule has 1 atom stereocenters. The molecule has 0 spiro atoms. The van der Waals surface area contributed by atoms with E-state index in [0.29, 0.717) is 34.5 Å². The number of hydrogen-bond donors (Lipinski definition) is 2. The molecule has 1 unspecified atom stereocenters. The molecule has 0 radical (unpaired) electrons. The van der Waals surface area contributed by atoms with Crippen LogP contribution < -0.4 is 0 Å². The zero-order valence-corrected chi connectivity index (χ0v) is 17.0. The highest BCUT2D eigenvalue weighted by molar-refractivity contribution is 6.31. The Kier molecular flexibility index (Phi) is 5.26. The number of furan rings is 1. The molecule has 2 aromatic carbocycles. The molecule has 1 aromatic heterocycles. The largest absolute Gasteiger partial charge is 0.508 e. The number of rotatable bonds is 6. The molecule has 1 aliphatic heterocycles. The number of unbranched alkanes of at least 4 members (excludes halogenated alkanes) is 1. The number of fused-ring (bicyclic) bond motifs is 1. The van der Waals surface area contributed by atoms with Gasteiger partial charge >= 0.3 is 0 Å². The third kappa shape index (κ3) is 3.44. The Hall–Kier alpha value is -3.25. The van der Waals surface area contributed by atoms with Gasteiger partial charge in [-0.05, 0) is 48.4 Å². The van der Waals surface area contributed by atoms with Crippen molar-refractivity contribution in [3.05, 3.63) is 76.2 Å². The first-order chi connectivity index (χ1) is 14.4. The number of aliphatic hydroxyl groups excluding tert-OH is 1. The fraction of sp³-hybridized carbons (Fsp3) is 0.217. The van der Waals surface area contributed by atoms with E-state index in [9.17, 15) is 19.8 Å². The van der Waals surface area contributed by atoms with Gasteiger partial charge in [-0.2, -0.15) is 0 Å². The number of carbonyl (C=O) groups is 2. The Morgan fingerprint density at radius 2 is 1.97 bits per heavy atom. The summed E-state index contributed by atoms with van der Waals surface area (Å²) in [6.07, 6.45) is 1.55. The molecule has 3 aromatic rings. The van der Waals surface area contributed by atoms with Gasteiger partial charge in [-0.15, -0.1) is 0 Å². The van der Waals surface area contributed by atoms with Crippen LogP contribution in [0.25, 0.3) is 11.0 Å². The van der Waals surface area contributed by atoms with Crippen LogP contribution in [0, 0.1) is 0 Å². The van der Waals surface area contributed by atoms with Crippen LogP contribution in [0.3, 0.4) is 0 Å². The van der Waals surface area contributed by atoms with E-state index in [2.05, 4.69) is 0 Å². The number of Topliss-reactive ketones (excluding diaryl/α,β-unsaturated/α-hetero) is 1. The Balaban J connectivity index is 1.81. The summed E-state index contributed by atoms with van der Waals surface area (Å²) >= 11 is 6.01. The molecule has 2 N–H and O–H groups in total. The fourth-order valence-corrected chi connectivity index (χ4v) is 3.93. The lowest BCUT2D eigenvalue weighted by atomic mass is 9.94. The monoisotopic (exact) mass is 425 g/mol. The van der Waals surface area contributed by atoms with E-state index >= 15 is 0 Å². The van der Waals surface area contributed by atoms with E-state index in [1.54, 1.807) is 36.4 Å². The molecule has 7 heteroatoms. The van der Waals surface area contributed by atoms with Gasteiger partial charge in [0.25, 0.3) is 5.91 Å². The van der Waals surface area contributed by atoms with Gasteiger partial charge in [0.1, 0.15) is 11.3 Å². The minimum Gasteiger partial charge on any atom is -0.508 e. The van der Waals surface area contributed by atoms with Crippen LogP contribution >= 0.6 is 11.6 Å². The van der Waals surface area contributed by atoms with Crippen molar-refractivity contribution in [1.29, 1.82) is 0 Å². The van der Waals surface area contributed by atoms with Crippen LogP contribution in [0.4, 0.5) is 0 Å². The predicted molar refractivity (Wildman–Crippen MR) is 113 cm³/mol. The SMILES string of the molecule is CCCCN1C(=O)C(O)=C(C(=O)c2cc3cc(Cl)ccc3o2)C1c1cccc(O)c1. The third-order valence-electron chi connectivity index (χ3n) is 5.19. The minimum atomic E-state index is -0.819. The highest BCUT2D eigenvalue weighted by Crippen LogP contribution is 2.40. The van der Waals surface area contributed by atoms with Gasteiger partial charge in [-0.3, -0.25) is 9.59 Å². The summed E-state index contributed by atoms with van der Waals surface area (Å²) in [5, 5.41) is 21.7. The van der Waals surface area contributed by atoms with Crippen molar-refractivity contribution >= 4 is 34.3 Å². The Morgan fingerprint density at radius 3 is 2.70 bits per heavy atom. The summed E-state index contributed by atoms with van der Waals surface area (Å²) in [6.45, 7) is 2.36. The van der Waals surface area contributed by atoms with E-state index in [4.69, 9.17) is 16.0 Å². The Morgan fingerprint density at radius 1 is 1.17 bits per heavy atom. The van der Waals surface area contributed by atoms with Crippen molar-refractivity contribution in [2.24, 2.45) is 0 Å². The molecule has 1 aliphatic rings. The van der Waals surface area contributed by atoms with Crippen LogP contribution in [0.1, 0.15) is 41.9 Å². The second-order valence-corrected chi connectivity index (χ2v) is 7.67. The minimum absolute atomic E-state index is 0.00381. The third-order valence-corrected chi connectivity index (χ3v) is 5.42. The summed E-state index contributed by atoms with van der Waals surface area (Å²) in [4.78, 5) is 27.6. The lowest BCUT2D eigenvalue weighted by Crippen LogP contribution is -2.32. The highest BCUT2D eigenvalue weighted by atomic mass is 35.5. The number of nitrogens with zero attached hydrogens (tertiary/aromatic N) is 1. The normalized spacial score (nSPS) is 16.7. The predicted octanol–water partition coefficient (Wildman–Crippen LogP) is 5.17. The first-order valence-corrected chi connectivity index (χ1v) is 10.0. The van der Waals surface area contributed by atoms with Crippen LogP contribution in [-0.4, -0.2) is 33.3 Å². The maximum Gasteiger partial charge on any atom is 0.290 e. The first kappa shape index (κ1) is 20.0. The molecule has 4 rings (SSSR count). The number of aliphatic hydroxyl groups is 1. The quantitative estimate of drug-likeness (QED) is 0.531. The van der Waals surface area contributed by atoms with Gasteiger partial charge in [-0.25, -0.2) is 0 Å². The number of aromatic hydroxyl groups is 1. The topological polar surface area (TPSA) is 91.0 Å². The second kappa shape index (κ2) is 7.88. The fourth-order valence-electron chi connectivity index (χ4n) is 3.74. The summed E-state index contributed by atoms with van der Waals surface area (Å²) in [6, 6.07) is 12.0. The number of halogens is 1. The van der Waals surface area contributed by atoms with Crippen LogP contribution in [-0.2, 0) is 4.79 Å². The van der Waals surface area contributed by atoms with E-state index in [-0.39, 0.29) is 17.1 Å². The lowest BCUT2D eigenvalue weighted by molar-refractivity contribution is -0.129. The van der Waals surface area contributed by atoms with Gasteiger partial charge in [0.2, 0.25) is 5.78 Å². The standard InChI is InChI=1S/C23H20ClNO5/c1-2-3-9-25-20(13-5-4-6-16(26)11-13)19(22(28)23(25)29)21(27)18-12-14-10-15(24)7-8-17(14)30-18/h4-8,10-12,20,26,28H,2-3,9H2,1H3. The Bertz CT molecular complexity index is 1180. The summed E-state index contributed by atoms with van der Waals surface area (Å²) < 4.78 is 5.67. The molecule has 0 aliphatic carbocycles. The van der Waals surface area contributed by atoms with Gasteiger partial charge < -0.3 is 19.5 Å². The molecular formula is C23H20ClNO5. The average Bonchev–Trinajstić information content (AvgIpc) is 3.25. The van der Waals surface area contributed by atoms with Crippen LogP contribution in [0.15, 0.2) is 64.3 Å². The molecule has 0 saturated heterocycles. The zero-order chi connectivity index (χ0) is 21.4. The maximum absolute atomic E-state index is 13.4. The number of amides is 1. The average molecular weight is 426 g/mol. The lowest BCUT2D eigenvalue weighted by Gasteiger charge is -2.26. The van der Waals surface area contributed by atoms with Crippen molar-refractivity contribution < 1.29 is 24.2 Å². The van der Waals surface area contributed by atoms with Crippen LogP contribution in [0.5, 0.6) is 5.75 Å². The van der Waals surface area contributed by atoms with Crippen LogP contribution in [0.2, 0.25) is 5.02 Å². The summed E-state index contributed by atoms with van der Waals surface area (Å²) in [5.74, 6) is -1.78. The van der Waals surface area contributed by atoms with Crippen molar-refractivity contribution in [2.75, 3.05) is 6.54 Å². The number of hydrogen-bond acceptors (Lipinski definition) is 5. The molecule has 30 heavy (non-hydrogen) atoms. The Labute approximate surface area is 178 Å². The van der Waals surface area contributed by atoms with Gasteiger partial charge in [-0.1, -0.05) is 37.1 Å². The first-order valence-electron chi connectivity index (χ1n) is 9.67. The van der Waals surface area contributed by atoms with Gasteiger partial charge in [0, 0.05) is 17.0 Å². The maximum atomic E-state index is 13.4. The number of benzene rings is 2. The molecule has 0 saturated carbocycles.